The number of primary sulfonamides is 1. The number of amides is 1. The third-order valence-corrected chi connectivity index (χ3v) is 4.08. The van der Waals surface area contributed by atoms with Crippen molar-refractivity contribution in [3.63, 3.8) is 0 Å². The van der Waals surface area contributed by atoms with Gasteiger partial charge in [0.05, 0.1) is 10.5 Å². The van der Waals surface area contributed by atoms with E-state index in [1.807, 2.05) is 0 Å². The highest BCUT2D eigenvalue weighted by molar-refractivity contribution is 7.89. The number of hydrogen-bond donors (Lipinski definition) is 2. The predicted molar refractivity (Wildman–Crippen MR) is 88.1 cm³/mol. The highest BCUT2D eigenvalue weighted by Gasteiger charge is 2.16. The van der Waals surface area contributed by atoms with Crippen molar-refractivity contribution in [2.24, 2.45) is 5.14 Å². The lowest BCUT2D eigenvalue weighted by Crippen LogP contribution is -2.21. The van der Waals surface area contributed by atoms with E-state index in [0.717, 1.165) is 18.2 Å². The quantitative estimate of drug-likeness (QED) is 0.761. The van der Waals surface area contributed by atoms with Crippen molar-refractivity contribution < 1.29 is 27.1 Å². The first-order valence-electron chi connectivity index (χ1n) is 6.72. The van der Waals surface area contributed by atoms with Crippen LogP contribution in [-0.2, 0) is 19.6 Å². The van der Waals surface area contributed by atoms with Gasteiger partial charge in [0.2, 0.25) is 10.0 Å². The Morgan fingerprint density at radius 2 is 1.92 bits per heavy atom. The molecule has 2 aromatic rings. The van der Waals surface area contributed by atoms with Crippen LogP contribution in [0.25, 0.3) is 0 Å². The van der Waals surface area contributed by atoms with Gasteiger partial charge in [-0.05, 0) is 36.4 Å². The number of rotatable bonds is 5. The molecule has 0 aliphatic heterocycles. The van der Waals surface area contributed by atoms with Crippen molar-refractivity contribution in [2.75, 3.05) is 11.9 Å². The number of benzene rings is 2. The van der Waals surface area contributed by atoms with Crippen LogP contribution in [0.4, 0.5) is 10.1 Å². The number of hydrogen-bond acceptors (Lipinski definition) is 5. The average molecular weight is 387 g/mol. The molecule has 0 bridgehead atoms. The molecule has 2 aromatic carbocycles. The minimum atomic E-state index is -3.92. The average Bonchev–Trinajstić information content (AvgIpc) is 2.54. The number of anilines is 1. The molecule has 0 atom stereocenters. The second-order valence-corrected chi connectivity index (χ2v) is 6.82. The lowest BCUT2D eigenvalue weighted by Gasteiger charge is -2.08. The Morgan fingerprint density at radius 3 is 2.60 bits per heavy atom. The van der Waals surface area contributed by atoms with Gasteiger partial charge in [0, 0.05) is 10.7 Å². The molecule has 0 saturated carbocycles. The second-order valence-electron chi connectivity index (χ2n) is 4.82. The lowest BCUT2D eigenvalue weighted by atomic mass is 10.2. The first-order chi connectivity index (χ1) is 11.7. The molecular weight excluding hydrogens is 375 g/mol. The SMILES string of the molecule is NS(=O)(=O)c1cccc(NC(=O)COC(=O)c2cc(Cl)ccc2F)c1. The zero-order chi connectivity index (χ0) is 18.6. The van der Waals surface area contributed by atoms with Crippen LogP contribution in [0.5, 0.6) is 0 Å². The summed E-state index contributed by atoms with van der Waals surface area (Å²) in [6.45, 7) is -0.704. The molecule has 0 fully saturated rings. The number of carbonyl (C=O) groups is 2. The van der Waals surface area contributed by atoms with Gasteiger partial charge >= 0.3 is 5.97 Å². The molecule has 0 radical (unpaired) electrons. The van der Waals surface area contributed by atoms with Gasteiger partial charge in [-0.2, -0.15) is 0 Å². The van der Waals surface area contributed by atoms with E-state index < -0.39 is 39.9 Å². The molecule has 0 aliphatic rings. The fourth-order valence-electron chi connectivity index (χ4n) is 1.81. The summed E-state index contributed by atoms with van der Waals surface area (Å²) in [6, 6.07) is 8.54. The van der Waals surface area contributed by atoms with Gasteiger partial charge in [-0.3, -0.25) is 4.79 Å². The first kappa shape index (κ1) is 18.8. The summed E-state index contributed by atoms with van der Waals surface area (Å²) in [5, 5.41) is 7.46. The second kappa shape index (κ2) is 7.60. The number of esters is 1. The lowest BCUT2D eigenvalue weighted by molar-refractivity contribution is -0.119. The van der Waals surface area contributed by atoms with E-state index in [1.165, 1.54) is 24.3 Å². The van der Waals surface area contributed by atoms with Crippen molar-refractivity contribution in [2.45, 2.75) is 4.90 Å². The molecular formula is C15H12ClFN2O5S. The third-order valence-electron chi connectivity index (χ3n) is 2.93. The van der Waals surface area contributed by atoms with E-state index in [1.54, 1.807) is 0 Å². The molecule has 25 heavy (non-hydrogen) atoms. The Balaban J connectivity index is 1.99. The Morgan fingerprint density at radius 1 is 1.20 bits per heavy atom. The Bertz CT molecular complexity index is 933. The highest BCUT2D eigenvalue weighted by atomic mass is 35.5. The summed E-state index contributed by atoms with van der Waals surface area (Å²) >= 11 is 5.67. The summed E-state index contributed by atoms with van der Waals surface area (Å²) in [6.07, 6.45) is 0. The summed E-state index contributed by atoms with van der Waals surface area (Å²) in [7, 11) is -3.92. The molecule has 10 heteroatoms. The van der Waals surface area contributed by atoms with Gasteiger partial charge in [-0.1, -0.05) is 17.7 Å². The number of halogens is 2. The van der Waals surface area contributed by atoms with E-state index >= 15 is 0 Å². The standard InChI is InChI=1S/C15H12ClFN2O5S/c16-9-4-5-13(17)12(6-9)15(21)24-8-14(20)19-10-2-1-3-11(7-10)25(18,22)23/h1-7H,8H2,(H,19,20)(H2,18,22,23). The maximum atomic E-state index is 13.5. The zero-order valence-corrected chi connectivity index (χ0v) is 14.1. The van der Waals surface area contributed by atoms with Crippen LogP contribution in [0, 0.1) is 5.82 Å². The fourth-order valence-corrected chi connectivity index (χ4v) is 2.54. The van der Waals surface area contributed by atoms with Gasteiger partial charge in [-0.15, -0.1) is 0 Å². The maximum Gasteiger partial charge on any atom is 0.341 e. The smallest absolute Gasteiger partial charge is 0.341 e. The van der Waals surface area contributed by atoms with Crippen molar-refractivity contribution >= 4 is 39.2 Å². The van der Waals surface area contributed by atoms with E-state index in [-0.39, 0.29) is 15.6 Å². The van der Waals surface area contributed by atoms with E-state index in [2.05, 4.69) is 5.32 Å². The van der Waals surface area contributed by atoms with Crippen LogP contribution in [0.1, 0.15) is 10.4 Å². The van der Waals surface area contributed by atoms with Crippen LogP contribution < -0.4 is 10.5 Å². The number of sulfonamides is 1. The van der Waals surface area contributed by atoms with E-state index in [4.69, 9.17) is 21.5 Å². The van der Waals surface area contributed by atoms with Crippen LogP contribution >= 0.6 is 11.6 Å². The van der Waals surface area contributed by atoms with Crippen molar-refractivity contribution in [1.29, 1.82) is 0 Å². The molecule has 7 nitrogen and oxygen atoms in total. The van der Waals surface area contributed by atoms with Gasteiger partial charge in [0.15, 0.2) is 6.61 Å². The number of nitrogens with one attached hydrogen (secondary N) is 1. The summed E-state index contributed by atoms with van der Waals surface area (Å²) in [5.74, 6) is -2.65. The summed E-state index contributed by atoms with van der Waals surface area (Å²) < 4.78 is 40.7. The minimum absolute atomic E-state index is 0.137. The number of ether oxygens (including phenoxy) is 1. The van der Waals surface area contributed by atoms with Gasteiger partial charge in [-0.25, -0.2) is 22.7 Å². The molecule has 132 valence electrons. The van der Waals surface area contributed by atoms with Crippen LogP contribution in [0.15, 0.2) is 47.4 Å². The summed E-state index contributed by atoms with van der Waals surface area (Å²) in [5.41, 5.74) is -0.266. The van der Waals surface area contributed by atoms with Crippen molar-refractivity contribution in [3.8, 4) is 0 Å². The first-order valence-corrected chi connectivity index (χ1v) is 8.64. The largest absolute Gasteiger partial charge is 0.452 e. The Hall–Kier alpha value is -2.49. The highest BCUT2D eigenvalue weighted by Crippen LogP contribution is 2.16. The topological polar surface area (TPSA) is 116 Å². The number of carbonyl (C=O) groups excluding carboxylic acids is 2. The van der Waals surface area contributed by atoms with Gasteiger partial charge < -0.3 is 10.1 Å². The molecule has 0 unspecified atom stereocenters. The Labute approximate surface area is 147 Å². The van der Waals surface area contributed by atoms with E-state index in [9.17, 15) is 22.4 Å². The van der Waals surface area contributed by atoms with Crippen LogP contribution in [-0.4, -0.2) is 26.9 Å². The Kier molecular flexibility index (Phi) is 5.73. The number of nitrogens with two attached hydrogens (primary N) is 1. The van der Waals surface area contributed by atoms with Gasteiger partial charge in [0.1, 0.15) is 5.82 Å². The van der Waals surface area contributed by atoms with Crippen LogP contribution in [0.2, 0.25) is 5.02 Å². The van der Waals surface area contributed by atoms with Crippen LogP contribution in [0.3, 0.4) is 0 Å². The van der Waals surface area contributed by atoms with Crippen molar-refractivity contribution in [3.05, 3.63) is 58.9 Å². The molecule has 2 rings (SSSR count). The van der Waals surface area contributed by atoms with Crippen molar-refractivity contribution in [1.82, 2.24) is 0 Å². The fraction of sp³-hybridized carbons (Fsp3) is 0.0667. The molecule has 1 amide bonds. The summed E-state index contributed by atoms with van der Waals surface area (Å²) in [4.78, 5) is 23.3. The zero-order valence-electron chi connectivity index (χ0n) is 12.5. The normalized spacial score (nSPS) is 11.0. The maximum absolute atomic E-state index is 13.5. The third kappa shape index (κ3) is 5.24. The van der Waals surface area contributed by atoms with E-state index in [0.29, 0.717) is 0 Å². The van der Waals surface area contributed by atoms with Gasteiger partial charge in [0.25, 0.3) is 5.91 Å². The molecule has 0 heterocycles. The molecule has 0 saturated heterocycles. The molecule has 0 aliphatic carbocycles. The molecule has 0 spiro atoms. The molecule has 3 N–H and O–H groups in total. The minimum Gasteiger partial charge on any atom is -0.452 e. The molecule has 0 aromatic heterocycles. The monoisotopic (exact) mass is 386 g/mol. The predicted octanol–water partition coefficient (Wildman–Crippen LogP) is 1.92.